The Balaban J connectivity index is 1.53. The molecule has 2 bridgehead atoms. The van der Waals surface area contributed by atoms with Gasteiger partial charge in [0, 0.05) is 36.6 Å². The number of carbonyl (C=O) groups excluding carboxylic acids is 1. The van der Waals surface area contributed by atoms with Crippen molar-refractivity contribution in [2.45, 2.75) is 51.5 Å². The van der Waals surface area contributed by atoms with Crippen LogP contribution in [-0.4, -0.2) is 37.2 Å². The number of anilines is 1. The number of nitrogens with zero attached hydrogens (tertiary/aromatic N) is 6. The van der Waals surface area contributed by atoms with Gasteiger partial charge in [-0.15, -0.1) is 5.10 Å². The van der Waals surface area contributed by atoms with E-state index in [0.717, 1.165) is 36.1 Å². The van der Waals surface area contributed by atoms with Crippen LogP contribution in [0.5, 0.6) is 5.75 Å². The lowest BCUT2D eigenvalue weighted by Gasteiger charge is -2.61. The topological polar surface area (TPSA) is 154 Å². The molecule has 3 aromatic heterocycles. The minimum Gasteiger partial charge on any atom is -0.410 e. The molecule has 12 heteroatoms. The monoisotopic (exact) mass is 636 g/mol. The molecule has 11 nitrogen and oxygen atoms in total. The van der Waals surface area contributed by atoms with Gasteiger partial charge in [0.2, 0.25) is 0 Å². The molecule has 2 aromatic carbocycles. The van der Waals surface area contributed by atoms with Gasteiger partial charge in [0.15, 0.2) is 0 Å². The molecule has 3 N–H and O–H groups in total. The summed E-state index contributed by atoms with van der Waals surface area (Å²) in [5, 5.41) is 25.5. The number of aromatic nitrogens is 5. The van der Waals surface area contributed by atoms with E-state index < -0.39 is 12.0 Å². The molecule has 3 aliphatic carbocycles. The smallest absolute Gasteiger partial charge is 0.409 e. The summed E-state index contributed by atoms with van der Waals surface area (Å²) in [5.41, 5.74) is 7.94. The van der Waals surface area contributed by atoms with Gasteiger partial charge >= 0.3 is 6.09 Å². The fraction of sp³-hybridized carbons (Fsp3) is 0.353. The molecule has 0 aliphatic heterocycles. The lowest BCUT2D eigenvalue weighted by atomic mass is 9.50. The number of hydrogen-bond donors (Lipinski definition) is 2. The Bertz CT molecular complexity index is 2160. The molecule has 3 heterocycles. The van der Waals surface area contributed by atoms with Crippen LogP contribution < -0.4 is 21.3 Å². The van der Waals surface area contributed by atoms with Crippen LogP contribution in [-0.2, 0) is 12.6 Å². The van der Waals surface area contributed by atoms with Gasteiger partial charge in [0.25, 0.3) is 5.56 Å². The summed E-state index contributed by atoms with van der Waals surface area (Å²) in [7, 11) is 1.71. The maximum atomic E-state index is 13.2. The average molecular weight is 637 g/mol. The summed E-state index contributed by atoms with van der Waals surface area (Å²) >= 11 is 6.82. The third kappa shape index (κ3) is 4.84. The van der Waals surface area contributed by atoms with Crippen molar-refractivity contribution in [3.8, 4) is 11.8 Å². The van der Waals surface area contributed by atoms with Crippen LogP contribution in [0.4, 0.5) is 10.5 Å². The molecule has 0 spiro atoms. The van der Waals surface area contributed by atoms with Crippen LogP contribution in [0.1, 0.15) is 68.5 Å². The van der Waals surface area contributed by atoms with E-state index in [1.165, 1.54) is 10.6 Å². The highest BCUT2D eigenvalue weighted by Gasteiger charge is 2.59. The van der Waals surface area contributed by atoms with Crippen molar-refractivity contribution in [3.63, 3.8) is 0 Å². The number of hydrogen-bond acceptors (Lipinski definition) is 8. The number of halogens is 1. The Morgan fingerprint density at radius 3 is 2.63 bits per heavy atom. The van der Waals surface area contributed by atoms with Crippen LogP contribution in [0.3, 0.4) is 0 Å². The summed E-state index contributed by atoms with van der Waals surface area (Å²) in [5.74, 6) is 0.195. The zero-order chi connectivity index (χ0) is 32.5. The number of nitriles is 1. The summed E-state index contributed by atoms with van der Waals surface area (Å²) in [6, 6.07) is 13.0. The summed E-state index contributed by atoms with van der Waals surface area (Å²) < 4.78 is 8.68. The number of carbonyl (C=O) groups is 1. The SMILES string of the molecule is Cn1ccc2c([C@@H](c3cn(C45CC(C4)C5)nn3)c3nc4c(Cl)cc(OC(N)=O)cc4c(NCC(C)(C)C)c3C#N)cccc2c1=O. The Labute approximate surface area is 269 Å². The van der Waals surface area contributed by atoms with Crippen LogP contribution in [0.2, 0.25) is 5.02 Å². The van der Waals surface area contributed by atoms with E-state index in [1.807, 2.05) is 29.1 Å². The lowest BCUT2D eigenvalue weighted by Crippen LogP contribution is -2.59. The van der Waals surface area contributed by atoms with E-state index in [0.29, 0.717) is 39.9 Å². The Morgan fingerprint density at radius 2 is 1.98 bits per heavy atom. The van der Waals surface area contributed by atoms with Crippen LogP contribution >= 0.6 is 11.6 Å². The van der Waals surface area contributed by atoms with E-state index in [2.05, 4.69) is 42.5 Å². The summed E-state index contributed by atoms with van der Waals surface area (Å²) in [4.78, 5) is 29.9. The van der Waals surface area contributed by atoms with E-state index >= 15 is 0 Å². The van der Waals surface area contributed by atoms with Crippen LogP contribution in [0.15, 0.2) is 53.6 Å². The number of fused-ring (bicyclic) bond motifs is 2. The van der Waals surface area contributed by atoms with E-state index in [-0.39, 0.29) is 32.8 Å². The molecule has 234 valence electrons. The zero-order valence-electron chi connectivity index (χ0n) is 26.0. The first-order chi connectivity index (χ1) is 21.9. The normalized spacial score (nSPS) is 19.3. The van der Waals surface area contributed by atoms with Gasteiger partial charge in [0.1, 0.15) is 11.8 Å². The number of pyridine rings is 2. The molecule has 3 saturated carbocycles. The van der Waals surface area contributed by atoms with Crippen molar-refractivity contribution in [1.29, 1.82) is 5.26 Å². The van der Waals surface area contributed by atoms with Gasteiger partial charge in [-0.1, -0.05) is 49.7 Å². The van der Waals surface area contributed by atoms with Crippen molar-refractivity contribution in [2.75, 3.05) is 11.9 Å². The minimum atomic E-state index is -0.987. The number of ether oxygens (including phenoxy) is 1. The minimum absolute atomic E-state index is 0.0103. The second-order valence-corrected chi connectivity index (χ2v) is 14.2. The van der Waals surface area contributed by atoms with Gasteiger partial charge in [-0.3, -0.25) is 4.79 Å². The molecule has 0 unspecified atom stereocenters. The van der Waals surface area contributed by atoms with E-state index in [1.54, 1.807) is 25.4 Å². The highest BCUT2D eigenvalue weighted by Crippen LogP contribution is 2.62. The van der Waals surface area contributed by atoms with Gasteiger partial charge in [-0.25, -0.2) is 14.5 Å². The maximum absolute atomic E-state index is 13.2. The van der Waals surface area contributed by atoms with Crippen molar-refractivity contribution < 1.29 is 9.53 Å². The number of nitrogens with one attached hydrogen (secondary N) is 1. The first kappa shape index (κ1) is 29.7. The van der Waals surface area contributed by atoms with Gasteiger partial charge in [-0.2, -0.15) is 5.26 Å². The van der Waals surface area contributed by atoms with Crippen molar-refractivity contribution in [2.24, 2.45) is 24.1 Å². The molecule has 3 aliphatic rings. The first-order valence-corrected chi connectivity index (χ1v) is 15.5. The lowest BCUT2D eigenvalue weighted by molar-refractivity contribution is -0.0989. The van der Waals surface area contributed by atoms with Crippen LogP contribution in [0, 0.1) is 22.7 Å². The number of rotatable bonds is 7. The highest BCUT2D eigenvalue weighted by molar-refractivity contribution is 6.35. The van der Waals surface area contributed by atoms with Gasteiger partial charge in [-0.05, 0) is 59.7 Å². The number of aryl methyl sites for hydroxylation is 1. The third-order valence-corrected chi connectivity index (χ3v) is 9.50. The molecule has 1 atom stereocenters. The first-order valence-electron chi connectivity index (χ1n) is 15.2. The van der Waals surface area contributed by atoms with Crippen molar-refractivity contribution >= 4 is 45.1 Å². The number of nitrogens with two attached hydrogens (primary N) is 1. The van der Waals surface area contributed by atoms with Gasteiger partial charge < -0.3 is 20.4 Å². The Morgan fingerprint density at radius 1 is 1.22 bits per heavy atom. The predicted molar refractivity (Wildman–Crippen MR) is 175 cm³/mol. The quantitative estimate of drug-likeness (QED) is 0.227. The molecular formula is C34H33ClN8O3. The van der Waals surface area contributed by atoms with Crippen molar-refractivity contribution in [1.82, 2.24) is 24.5 Å². The molecule has 3 fully saturated rings. The zero-order valence-corrected chi connectivity index (χ0v) is 26.7. The summed E-state index contributed by atoms with van der Waals surface area (Å²) in [6.07, 6.45) is 5.94. The van der Waals surface area contributed by atoms with E-state index in [4.69, 9.17) is 27.1 Å². The molecule has 8 rings (SSSR count). The third-order valence-electron chi connectivity index (χ3n) is 9.21. The average Bonchev–Trinajstić information content (AvgIpc) is 3.40. The Kier molecular flexibility index (Phi) is 6.83. The second kappa shape index (κ2) is 10.6. The van der Waals surface area contributed by atoms with Gasteiger partial charge in [0.05, 0.1) is 50.8 Å². The summed E-state index contributed by atoms with van der Waals surface area (Å²) in [6.45, 7) is 6.74. The van der Waals surface area contributed by atoms with Crippen LogP contribution in [0.25, 0.3) is 21.7 Å². The Hall–Kier alpha value is -4.95. The number of benzene rings is 2. The molecule has 46 heavy (non-hydrogen) atoms. The number of primary amides is 1. The fourth-order valence-electron chi connectivity index (χ4n) is 6.80. The predicted octanol–water partition coefficient (Wildman–Crippen LogP) is 5.81. The van der Waals surface area contributed by atoms with E-state index in [9.17, 15) is 14.9 Å². The maximum Gasteiger partial charge on any atom is 0.409 e. The second-order valence-electron chi connectivity index (χ2n) is 13.8. The molecular weight excluding hydrogens is 604 g/mol. The number of amides is 1. The standard InChI is InChI=1S/C34H33ClN8O3/c1-33(2,3)17-38-28-23-10-19(46-32(37)45)11-25(35)29(23)39-30(24(28)15-36)27(26-16-43(41-40-26)34-12-18(13-34)14-34)21-6-5-7-22-20(21)8-9-42(4)31(22)44/h5-11,16,18,27H,12-14,17H2,1-4H3,(H2,37,45)(H,38,39)/t18?,27-,34?/m0/s1. The largest absolute Gasteiger partial charge is 0.410 e. The molecule has 0 saturated heterocycles. The highest BCUT2D eigenvalue weighted by atomic mass is 35.5. The molecule has 5 aromatic rings. The molecule has 1 amide bonds. The van der Waals surface area contributed by atoms with Crippen molar-refractivity contribution in [3.05, 3.63) is 86.7 Å². The molecule has 0 radical (unpaired) electrons. The fourth-order valence-corrected chi connectivity index (χ4v) is 7.06.